The lowest BCUT2D eigenvalue weighted by molar-refractivity contribution is 0.0725. The summed E-state index contributed by atoms with van der Waals surface area (Å²) in [5, 5.41) is 5.30. The molecule has 0 atom stereocenters. The second kappa shape index (κ2) is 12.6. The summed E-state index contributed by atoms with van der Waals surface area (Å²) in [5.74, 6) is -0.176. The molecular formula is C32H31ClN4O3S2. The molecule has 0 fully saturated rings. The fraction of sp³-hybridized carbons (Fsp3) is 0.188. The Morgan fingerprint density at radius 2 is 1.60 bits per heavy atom. The molecule has 0 saturated heterocycles. The molecule has 3 aromatic carbocycles. The largest absolute Gasteiger partial charge is 0.332 e. The molecule has 0 N–H and O–H groups in total. The minimum absolute atomic E-state index is 0.176. The zero-order chi connectivity index (χ0) is 29.9. The summed E-state index contributed by atoms with van der Waals surface area (Å²) >= 11 is 8.10. The molecule has 216 valence electrons. The van der Waals surface area contributed by atoms with E-state index in [0.29, 0.717) is 41.7 Å². The van der Waals surface area contributed by atoms with Crippen LogP contribution in [0, 0.1) is 0 Å². The maximum atomic E-state index is 14.0. The standard InChI is InChI=1S/C32H31ClN4O3S2/c1-35(2)18-19-36(22-23-10-5-4-6-11-23)32(38)27-21-29(37(34-27)28-15-8-7-14-26(28)33)31-17-16-30(41-31)24-12-9-13-25(20-24)42(3,39)40/h4-17,20-21H,18-19,22H2,1-3H3. The van der Waals surface area contributed by atoms with E-state index < -0.39 is 9.84 Å². The SMILES string of the molecule is CN(C)CCN(Cc1ccccc1)C(=O)c1cc(-c2ccc(-c3cccc(S(C)(=O)=O)c3)s2)n(-c2ccccc2Cl)n1. The number of hydrogen-bond donors (Lipinski definition) is 0. The molecule has 2 aromatic heterocycles. The first-order valence-corrected chi connectivity index (χ1v) is 16.4. The van der Waals surface area contributed by atoms with E-state index in [1.54, 1.807) is 28.9 Å². The van der Waals surface area contributed by atoms with Gasteiger partial charge >= 0.3 is 0 Å². The molecule has 0 radical (unpaired) electrons. The number of sulfone groups is 1. The van der Waals surface area contributed by atoms with E-state index in [0.717, 1.165) is 20.9 Å². The molecule has 5 rings (SSSR count). The first-order chi connectivity index (χ1) is 20.1. The molecule has 1 amide bonds. The number of hydrogen-bond acceptors (Lipinski definition) is 6. The van der Waals surface area contributed by atoms with Gasteiger partial charge in [-0.3, -0.25) is 4.79 Å². The molecule has 2 heterocycles. The summed E-state index contributed by atoms with van der Waals surface area (Å²) in [5.41, 5.74) is 3.52. The zero-order valence-corrected chi connectivity index (χ0v) is 26.0. The number of rotatable bonds is 10. The molecule has 42 heavy (non-hydrogen) atoms. The molecule has 5 aromatic rings. The number of nitrogens with zero attached hydrogens (tertiary/aromatic N) is 4. The fourth-order valence-corrected chi connectivity index (χ4v) is 6.40. The van der Waals surface area contributed by atoms with Gasteiger partial charge in [0.1, 0.15) is 0 Å². The van der Waals surface area contributed by atoms with Crippen LogP contribution in [0.3, 0.4) is 0 Å². The first kappa shape index (κ1) is 29.7. The summed E-state index contributed by atoms with van der Waals surface area (Å²) < 4.78 is 26.0. The van der Waals surface area contributed by atoms with Crippen molar-refractivity contribution < 1.29 is 13.2 Å². The number of thiophene rings is 1. The fourth-order valence-electron chi connectivity index (χ4n) is 4.52. The van der Waals surface area contributed by atoms with E-state index in [-0.39, 0.29) is 10.8 Å². The normalized spacial score (nSPS) is 11.6. The van der Waals surface area contributed by atoms with Gasteiger partial charge < -0.3 is 9.80 Å². The van der Waals surface area contributed by atoms with Crippen LogP contribution in [0.15, 0.2) is 102 Å². The average Bonchev–Trinajstić information content (AvgIpc) is 3.63. The summed E-state index contributed by atoms with van der Waals surface area (Å²) in [6.45, 7) is 1.70. The van der Waals surface area contributed by atoms with E-state index >= 15 is 0 Å². The highest BCUT2D eigenvalue weighted by atomic mass is 35.5. The molecular weight excluding hydrogens is 588 g/mol. The van der Waals surface area contributed by atoms with Crippen molar-refractivity contribution in [1.82, 2.24) is 19.6 Å². The predicted octanol–water partition coefficient (Wildman–Crippen LogP) is 6.53. The molecule has 0 unspecified atom stereocenters. The zero-order valence-electron chi connectivity index (χ0n) is 23.6. The second-order valence-electron chi connectivity index (χ2n) is 10.3. The van der Waals surface area contributed by atoms with Crippen molar-refractivity contribution in [3.8, 4) is 26.7 Å². The predicted molar refractivity (Wildman–Crippen MR) is 170 cm³/mol. The number of para-hydroxylation sites is 1. The topological polar surface area (TPSA) is 75.5 Å². The Labute approximate surface area is 255 Å². The number of carbonyl (C=O) groups excluding carboxylic acids is 1. The number of likely N-dealkylation sites (N-methyl/N-ethyl adjacent to an activating group) is 1. The van der Waals surface area contributed by atoms with Crippen LogP contribution >= 0.6 is 22.9 Å². The number of halogens is 1. The van der Waals surface area contributed by atoms with Gasteiger partial charge in [-0.1, -0.05) is 66.2 Å². The molecule has 0 spiro atoms. The van der Waals surface area contributed by atoms with Crippen molar-refractivity contribution in [3.63, 3.8) is 0 Å². The molecule has 10 heteroatoms. The van der Waals surface area contributed by atoms with Gasteiger partial charge in [-0.15, -0.1) is 11.3 Å². The second-order valence-corrected chi connectivity index (χ2v) is 13.8. The van der Waals surface area contributed by atoms with Crippen molar-refractivity contribution in [2.45, 2.75) is 11.4 Å². The van der Waals surface area contributed by atoms with Gasteiger partial charge in [-0.2, -0.15) is 5.10 Å². The van der Waals surface area contributed by atoms with Crippen molar-refractivity contribution in [1.29, 1.82) is 0 Å². The highest BCUT2D eigenvalue weighted by Gasteiger charge is 2.24. The lowest BCUT2D eigenvalue weighted by Crippen LogP contribution is -2.36. The first-order valence-electron chi connectivity index (χ1n) is 13.3. The van der Waals surface area contributed by atoms with E-state index in [4.69, 9.17) is 16.7 Å². The van der Waals surface area contributed by atoms with Crippen LogP contribution in [-0.4, -0.2) is 67.3 Å². The Balaban J connectivity index is 1.56. The third-order valence-corrected chi connectivity index (χ3v) is 9.32. The summed E-state index contributed by atoms with van der Waals surface area (Å²) in [4.78, 5) is 19.9. The van der Waals surface area contributed by atoms with E-state index in [1.807, 2.05) is 96.7 Å². The number of benzene rings is 3. The lowest BCUT2D eigenvalue weighted by atomic mass is 10.2. The van der Waals surface area contributed by atoms with E-state index in [9.17, 15) is 13.2 Å². The third-order valence-electron chi connectivity index (χ3n) is 6.73. The lowest BCUT2D eigenvalue weighted by Gasteiger charge is -2.23. The Kier molecular flexibility index (Phi) is 8.93. The molecule has 0 saturated carbocycles. The highest BCUT2D eigenvalue weighted by molar-refractivity contribution is 7.90. The van der Waals surface area contributed by atoms with Crippen LogP contribution in [0.25, 0.3) is 26.7 Å². The van der Waals surface area contributed by atoms with Gasteiger partial charge in [0.05, 0.1) is 26.2 Å². The van der Waals surface area contributed by atoms with Crippen LogP contribution in [-0.2, 0) is 16.4 Å². The van der Waals surface area contributed by atoms with Crippen LogP contribution in [0.4, 0.5) is 0 Å². The molecule has 0 aliphatic heterocycles. The number of carbonyl (C=O) groups is 1. The summed E-state index contributed by atoms with van der Waals surface area (Å²) in [7, 11) is 0.620. The van der Waals surface area contributed by atoms with Crippen LogP contribution in [0.2, 0.25) is 5.02 Å². The Morgan fingerprint density at radius 3 is 2.31 bits per heavy atom. The smallest absolute Gasteiger partial charge is 0.274 e. The van der Waals surface area contributed by atoms with Crippen molar-refractivity contribution in [3.05, 3.63) is 113 Å². The molecule has 0 aliphatic carbocycles. The molecule has 0 aliphatic rings. The highest BCUT2D eigenvalue weighted by Crippen LogP contribution is 2.37. The maximum Gasteiger partial charge on any atom is 0.274 e. The van der Waals surface area contributed by atoms with Gasteiger partial charge in [-0.25, -0.2) is 13.1 Å². The number of aromatic nitrogens is 2. The Hall–Kier alpha value is -3.76. The van der Waals surface area contributed by atoms with Crippen LogP contribution < -0.4 is 0 Å². The van der Waals surface area contributed by atoms with Crippen LogP contribution in [0.5, 0.6) is 0 Å². The Morgan fingerprint density at radius 1 is 0.881 bits per heavy atom. The summed E-state index contributed by atoms with van der Waals surface area (Å²) in [6.07, 6.45) is 1.20. The third kappa shape index (κ3) is 6.82. The molecule has 7 nitrogen and oxygen atoms in total. The average molecular weight is 619 g/mol. The van der Waals surface area contributed by atoms with Gasteiger partial charge in [-0.05, 0) is 67.7 Å². The minimum atomic E-state index is -3.34. The molecule has 0 bridgehead atoms. The minimum Gasteiger partial charge on any atom is -0.332 e. The van der Waals surface area contributed by atoms with Gasteiger partial charge in [0.25, 0.3) is 5.91 Å². The van der Waals surface area contributed by atoms with Gasteiger partial charge in [0.15, 0.2) is 15.5 Å². The van der Waals surface area contributed by atoms with Crippen molar-refractivity contribution in [2.75, 3.05) is 33.4 Å². The van der Waals surface area contributed by atoms with E-state index in [1.165, 1.54) is 17.6 Å². The Bertz CT molecular complexity index is 1810. The maximum absolute atomic E-state index is 14.0. The van der Waals surface area contributed by atoms with Crippen LogP contribution in [0.1, 0.15) is 16.1 Å². The monoisotopic (exact) mass is 618 g/mol. The van der Waals surface area contributed by atoms with Crippen molar-refractivity contribution in [2.24, 2.45) is 0 Å². The van der Waals surface area contributed by atoms with Gasteiger partial charge in [0.2, 0.25) is 0 Å². The quantitative estimate of drug-likeness (QED) is 0.178. The number of amides is 1. The van der Waals surface area contributed by atoms with Gasteiger partial charge in [0, 0.05) is 30.8 Å². The van der Waals surface area contributed by atoms with Crippen molar-refractivity contribution >= 4 is 38.7 Å². The van der Waals surface area contributed by atoms with E-state index in [2.05, 4.69) is 0 Å². The summed E-state index contributed by atoms with van der Waals surface area (Å²) in [6, 6.07) is 29.9.